The number of aryl methyl sites for hydroxylation is 1. The molecule has 0 aliphatic rings. The van der Waals surface area contributed by atoms with Crippen molar-refractivity contribution in [1.82, 2.24) is 4.98 Å². The van der Waals surface area contributed by atoms with E-state index in [2.05, 4.69) is 31.4 Å². The van der Waals surface area contributed by atoms with E-state index >= 15 is 0 Å². The zero-order valence-corrected chi connectivity index (χ0v) is 17.9. The molecule has 5 nitrogen and oxygen atoms in total. The van der Waals surface area contributed by atoms with E-state index in [1.165, 1.54) is 11.3 Å². The molecule has 0 bridgehead atoms. The number of benzene rings is 2. The van der Waals surface area contributed by atoms with Gasteiger partial charge in [0.15, 0.2) is 11.5 Å². The fourth-order valence-electron chi connectivity index (χ4n) is 2.29. The molecule has 140 valence electrons. The van der Waals surface area contributed by atoms with Crippen LogP contribution >= 0.6 is 38.9 Å². The molecule has 2 aromatic carbocycles. The van der Waals surface area contributed by atoms with Crippen molar-refractivity contribution < 1.29 is 9.47 Å². The Morgan fingerprint density at radius 3 is 2.85 bits per heavy atom. The van der Waals surface area contributed by atoms with E-state index in [0.717, 1.165) is 26.4 Å². The lowest BCUT2D eigenvalue weighted by molar-refractivity contribution is 0.282. The van der Waals surface area contributed by atoms with Crippen molar-refractivity contribution in [1.29, 1.82) is 0 Å². The van der Waals surface area contributed by atoms with Gasteiger partial charge in [0.25, 0.3) is 0 Å². The summed E-state index contributed by atoms with van der Waals surface area (Å²) in [5, 5.41) is 7.59. The number of ether oxygens (including phenoxy) is 2. The van der Waals surface area contributed by atoms with Gasteiger partial charge in [0.1, 0.15) is 6.61 Å². The molecular formula is C19H17BrClN3O2S. The minimum absolute atomic E-state index is 0.340. The molecule has 3 rings (SSSR count). The van der Waals surface area contributed by atoms with Gasteiger partial charge >= 0.3 is 0 Å². The molecule has 0 aliphatic heterocycles. The smallest absolute Gasteiger partial charge is 0.203 e. The van der Waals surface area contributed by atoms with Crippen molar-refractivity contribution in [3.05, 3.63) is 68.1 Å². The van der Waals surface area contributed by atoms with Crippen LogP contribution in [0.2, 0.25) is 5.02 Å². The summed E-state index contributed by atoms with van der Waals surface area (Å²) in [7, 11) is 1.60. The predicted molar refractivity (Wildman–Crippen MR) is 115 cm³/mol. The minimum Gasteiger partial charge on any atom is -0.493 e. The molecule has 1 heterocycles. The van der Waals surface area contributed by atoms with E-state index in [1.54, 1.807) is 13.3 Å². The largest absolute Gasteiger partial charge is 0.493 e. The molecule has 0 saturated carbocycles. The highest BCUT2D eigenvalue weighted by atomic mass is 79.9. The predicted octanol–water partition coefficient (Wildman–Crippen LogP) is 5.90. The highest BCUT2D eigenvalue weighted by Gasteiger charge is 2.12. The van der Waals surface area contributed by atoms with Crippen LogP contribution in [0.1, 0.15) is 16.8 Å². The second-order valence-corrected chi connectivity index (χ2v) is 7.70. The van der Waals surface area contributed by atoms with Gasteiger partial charge in [-0.05, 0) is 46.6 Å². The SMILES string of the molecule is COc1cc(C=NNc2nc(C)cs2)cc(Br)c1OCc1ccccc1Cl. The van der Waals surface area contributed by atoms with Gasteiger partial charge < -0.3 is 9.47 Å². The van der Waals surface area contributed by atoms with Gasteiger partial charge in [-0.15, -0.1) is 11.3 Å². The number of hydrazone groups is 1. The van der Waals surface area contributed by atoms with Gasteiger partial charge in [-0.25, -0.2) is 4.98 Å². The highest BCUT2D eigenvalue weighted by molar-refractivity contribution is 9.10. The summed E-state index contributed by atoms with van der Waals surface area (Å²) in [5.41, 5.74) is 5.63. The molecular weight excluding hydrogens is 450 g/mol. The molecule has 0 unspecified atom stereocenters. The molecule has 0 fully saturated rings. The third kappa shape index (κ3) is 5.22. The van der Waals surface area contributed by atoms with Gasteiger partial charge in [0.05, 0.1) is 23.5 Å². The molecule has 3 aromatic rings. The van der Waals surface area contributed by atoms with Crippen LogP contribution in [-0.2, 0) is 6.61 Å². The van der Waals surface area contributed by atoms with Gasteiger partial charge in [0.2, 0.25) is 5.13 Å². The number of aromatic nitrogens is 1. The Morgan fingerprint density at radius 1 is 1.33 bits per heavy atom. The number of anilines is 1. The minimum atomic E-state index is 0.340. The Labute approximate surface area is 175 Å². The Hall–Kier alpha value is -2.09. The lowest BCUT2D eigenvalue weighted by Gasteiger charge is -2.14. The summed E-state index contributed by atoms with van der Waals surface area (Å²) in [6, 6.07) is 11.3. The van der Waals surface area contributed by atoms with Crippen LogP contribution in [-0.4, -0.2) is 18.3 Å². The van der Waals surface area contributed by atoms with Crippen LogP contribution in [0.15, 0.2) is 51.4 Å². The van der Waals surface area contributed by atoms with E-state index in [4.69, 9.17) is 21.1 Å². The Kier molecular flexibility index (Phi) is 6.71. The summed E-state index contributed by atoms with van der Waals surface area (Å²) in [6.07, 6.45) is 1.70. The number of halogens is 2. The monoisotopic (exact) mass is 465 g/mol. The molecule has 0 radical (unpaired) electrons. The topological polar surface area (TPSA) is 55.7 Å². The Bertz CT molecular complexity index is 962. The van der Waals surface area contributed by atoms with Crippen molar-refractivity contribution in [2.24, 2.45) is 5.10 Å². The number of nitrogens with zero attached hydrogens (tertiary/aromatic N) is 2. The maximum atomic E-state index is 6.19. The van der Waals surface area contributed by atoms with Gasteiger partial charge in [-0.2, -0.15) is 5.10 Å². The second kappa shape index (κ2) is 9.21. The van der Waals surface area contributed by atoms with Crippen LogP contribution in [0.25, 0.3) is 0 Å². The van der Waals surface area contributed by atoms with Gasteiger partial charge in [-0.3, -0.25) is 5.43 Å². The first-order valence-electron chi connectivity index (χ1n) is 8.01. The third-order valence-electron chi connectivity index (χ3n) is 3.57. The quantitative estimate of drug-likeness (QED) is 0.348. The fraction of sp³-hybridized carbons (Fsp3) is 0.158. The van der Waals surface area contributed by atoms with Crippen molar-refractivity contribution in [3.8, 4) is 11.5 Å². The molecule has 0 atom stereocenters. The van der Waals surface area contributed by atoms with Crippen molar-refractivity contribution in [2.75, 3.05) is 12.5 Å². The maximum absolute atomic E-state index is 6.19. The highest BCUT2D eigenvalue weighted by Crippen LogP contribution is 2.37. The maximum Gasteiger partial charge on any atom is 0.203 e. The lowest BCUT2D eigenvalue weighted by atomic mass is 10.2. The molecule has 0 saturated heterocycles. The molecule has 0 spiro atoms. The van der Waals surface area contributed by atoms with Crippen molar-refractivity contribution in [2.45, 2.75) is 13.5 Å². The third-order valence-corrected chi connectivity index (χ3v) is 5.40. The zero-order chi connectivity index (χ0) is 19.2. The van der Waals surface area contributed by atoms with Crippen LogP contribution in [0.5, 0.6) is 11.5 Å². The first-order valence-corrected chi connectivity index (χ1v) is 10.1. The summed E-state index contributed by atoms with van der Waals surface area (Å²) in [4.78, 5) is 4.30. The molecule has 0 amide bonds. The van der Waals surface area contributed by atoms with Crippen molar-refractivity contribution >= 4 is 50.2 Å². The summed E-state index contributed by atoms with van der Waals surface area (Å²) >= 11 is 11.2. The lowest BCUT2D eigenvalue weighted by Crippen LogP contribution is -2.00. The van der Waals surface area contributed by atoms with Crippen LogP contribution in [0, 0.1) is 6.92 Å². The number of thiazole rings is 1. The normalized spacial score (nSPS) is 11.0. The van der Waals surface area contributed by atoms with E-state index in [1.807, 2.05) is 48.7 Å². The average molecular weight is 467 g/mol. The van der Waals surface area contributed by atoms with Crippen LogP contribution < -0.4 is 14.9 Å². The number of rotatable bonds is 7. The first-order chi connectivity index (χ1) is 13.1. The fourth-order valence-corrected chi connectivity index (χ4v) is 3.69. The van der Waals surface area contributed by atoms with Crippen molar-refractivity contribution in [3.63, 3.8) is 0 Å². The summed E-state index contributed by atoms with van der Waals surface area (Å²) in [6.45, 7) is 2.28. The average Bonchev–Trinajstić information content (AvgIpc) is 3.07. The van der Waals surface area contributed by atoms with Gasteiger partial charge in [-0.1, -0.05) is 29.8 Å². The number of hydrogen-bond acceptors (Lipinski definition) is 6. The number of hydrogen-bond donors (Lipinski definition) is 1. The Morgan fingerprint density at radius 2 is 2.15 bits per heavy atom. The molecule has 8 heteroatoms. The molecule has 1 N–H and O–H groups in total. The van der Waals surface area contributed by atoms with Gasteiger partial charge in [0, 0.05) is 16.0 Å². The van der Waals surface area contributed by atoms with E-state index in [9.17, 15) is 0 Å². The second-order valence-electron chi connectivity index (χ2n) is 5.58. The zero-order valence-electron chi connectivity index (χ0n) is 14.7. The van der Waals surface area contributed by atoms with E-state index < -0.39 is 0 Å². The first kappa shape index (κ1) is 19.7. The molecule has 27 heavy (non-hydrogen) atoms. The van der Waals surface area contributed by atoms with Crippen LogP contribution in [0.3, 0.4) is 0 Å². The summed E-state index contributed by atoms with van der Waals surface area (Å²) < 4.78 is 12.2. The molecule has 0 aliphatic carbocycles. The Balaban J connectivity index is 1.73. The van der Waals surface area contributed by atoms with Crippen LogP contribution in [0.4, 0.5) is 5.13 Å². The number of methoxy groups -OCH3 is 1. The summed E-state index contributed by atoms with van der Waals surface area (Å²) in [5.74, 6) is 1.21. The van der Waals surface area contributed by atoms with E-state index in [0.29, 0.717) is 23.1 Å². The number of nitrogens with one attached hydrogen (secondary N) is 1. The van der Waals surface area contributed by atoms with E-state index in [-0.39, 0.29) is 0 Å². The molecule has 1 aromatic heterocycles. The standard InChI is InChI=1S/C19H17BrClN3O2S/c1-12-11-27-19(23-12)24-22-9-13-7-15(20)18(17(8-13)25-2)26-10-14-5-3-4-6-16(14)21/h3-9,11H,10H2,1-2H3,(H,23,24).